The Balaban J connectivity index is 1.57. The van der Waals surface area contributed by atoms with E-state index >= 15 is 0 Å². The summed E-state index contributed by atoms with van der Waals surface area (Å²) in [7, 11) is 0. The first kappa shape index (κ1) is 22.7. The van der Waals surface area contributed by atoms with E-state index in [2.05, 4.69) is 15.5 Å². The number of nitrogens with one attached hydrogen (secondary N) is 2. The smallest absolute Gasteiger partial charge is 0.244 e. The molecule has 0 saturated carbocycles. The van der Waals surface area contributed by atoms with Crippen molar-refractivity contribution >= 4 is 34.6 Å². The molecule has 0 spiro atoms. The number of amides is 2. The Morgan fingerprint density at radius 3 is 2.55 bits per heavy atom. The number of anilines is 4. The van der Waals surface area contributed by atoms with Crippen molar-refractivity contribution in [3.8, 4) is 11.5 Å². The number of para-hydroxylation sites is 2. The van der Waals surface area contributed by atoms with Gasteiger partial charge in [0.15, 0.2) is 0 Å². The highest BCUT2D eigenvalue weighted by Crippen LogP contribution is 2.39. The highest BCUT2D eigenvalue weighted by molar-refractivity contribution is 6.04. The van der Waals surface area contributed by atoms with Gasteiger partial charge in [-0.25, -0.2) is 0 Å². The van der Waals surface area contributed by atoms with E-state index in [1.165, 1.54) is 0 Å². The zero-order chi connectivity index (χ0) is 23.2. The van der Waals surface area contributed by atoms with Crippen LogP contribution in [0.3, 0.4) is 0 Å². The van der Waals surface area contributed by atoms with Crippen molar-refractivity contribution in [2.45, 2.75) is 13.8 Å². The summed E-state index contributed by atoms with van der Waals surface area (Å²) in [5.41, 5.74) is 2.97. The highest BCUT2D eigenvalue weighted by Gasteiger charge is 2.25. The van der Waals surface area contributed by atoms with Crippen molar-refractivity contribution in [3.63, 3.8) is 0 Å². The Hall–Kier alpha value is -3.46. The number of carbonyl (C=O) groups excluding carboxylic acids is 2. The molecule has 1 saturated heterocycles. The van der Waals surface area contributed by atoms with Crippen LogP contribution in [0.4, 0.5) is 22.7 Å². The van der Waals surface area contributed by atoms with Crippen molar-refractivity contribution in [1.29, 1.82) is 0 Å². The number of fused-ring (bicyclic) bond motifs is 1. The minimum atomic E-state index is -0.248. The van der Waals surface area contributed by atoms with E-state index in [1.807, 2.05) is 50.2 Å². The molecule has 0 aliphatic carbocycles. The van der Waals surface area contributed by atoms with Crippen molar-refractivity contribution in [2.75, 3.05) is 73.0 Å². The standard InChI is InChI=1S/C24H30N4O5/c1-3-32-21-14-20(27-9-11-31-12-10-27)22(33-4-2)13-18(21)26-24(30)16-28-15-23(29)25-17-7-5-6-8-19(17)28/h5-8,13-14H,3-4,9-12,15-16H2,1-2H3,(H,25,29)(H,26,30). The Bertz CT molecular complexity index is 1010. The topological polar surface area (TPSA) is 92.4 Å². The Labute approximate surface area is 193 Å². The molecule has 2 amide bonds. The number of benzene rings is 2. The fourth-order valence-electron chi connectivity index (χ4n) is 4.05. The third kappa shape index (κ3) is 5.31. The molecule has 0 bridgehead atoms. The fourth-order valence-corrected chi connectivity index (χ4v) is 4.05. The number of hydrogen-bond acceptors (Lipinski definition) is 7. The summed E-state index contributed by atoms with van der Waals surface area (Å²) in [6, 6.07) is 11.2. The second kappa shape index (κ2) is 10.4. The van der Waals surface area contributed by atoms with Gasteiger partial charge in [-0.1, -0.05) is 12.1 Å². The lowest BCUT2D eigenvalue weighted by Crippen LogP contribution is -2.42. The van der Waals surface area contributed by atoms with E-state index in [9.17, 15) is 9.59 Å². The van der Waals surface area contributed by atoms with Gasteiger partial charge in [-0.3, -0.25) is 9.59 Å². The van der Waals surface area contributed by atoms with Gasteiger partial charge in [-0.05, 0) is 26.0 Å². The maximum absolute atomic E-state index is 13.0. The van der Waals surface area contributed by atoms with E-state index in [4.69, 9.17) is 14.2 Å². The van der Waals surface area contributed by atoms with E-state index in [-0.39, 0.29) is 24.9 Å². The van der Waals surface area contributed by atoms with E-state index in [0.29, 0.717) is 49.3 Å². The summed E-state index contributed by atoms with van der Waals surface area (Å²) >= 11 is 0. The van der Waals surface area contributed by atoms with Crippen LogP contribution in [0.2, 0.25) is 0 Å². The summed E-state index contributed by atoms with van der Waals surface area (Å²) in [6.45, 7) is 7.75. The van der Waals surface area contributed by atoms with Gasteiger partial charge in [-0.15, -0.1) is 0 Å². The molecule has 0 unspecified atom stereocenters. The van der Waals surface area contributed by atoms with Gasteiger partial charge in [0.2, 0.25) is 11.8 Å². The first-order valence-electron chi connectivity index (χ1n) is 11.3. The Morgan fingerprint density at radius 2 is 1.79 bits per heavy atom. The molecule has 4 rings (SSSR count). The maximum Gasteiger partial charge on any atom is 0.244 e. The van der Waals surface area contributed by atoms with Crippen LogP contribution in [0.15, 0.2) is 36.4 Å². The van der Waals surface area contributed by atoms with Crippen LogP contribution in [0.1, 0.15) is 13.8 Å². The summed E-state index contributed by atoms with van der Waals surface area (Å²) in [4.78, 5) is 29.0. The van der Waals surface area contributed by atoms with Crippen LogP contribution >= 0.6 is 0 Å². The first-order valence-corrected chi connectivity index (χ1v) is 11.3. The zero-order valence-corrected chi connectivity index (χ0v) is 19.1. The van der Waals surface area contributed by atoms with Gasteiger partial charge >= 0.3 is 0 Å². The molecular weight excluding hydrogens is 424 g/mol. The lowest BCUT2D eigenvalue weighted by molar-refractivity contribution is -0.115. The molecule has 33 heavy (non-hydrogen) atoms. The largest absolute Gasteiger partial charge is 0.492 e. The molecule has 9 heteroatoms. The van der Waals surface area contributed by atoms with Crippen LogP contribution in [-0.4, -0.2) is 64.4 Å². The zero-order valence-electron chi connectivity index (χ0n) is 19.1. The van der Waals surface area contributed by atoms with Gasteiger partial charge < -0.3 is 34.6 Å². The summed E-state index contributed by atoms with van der Waals surface area (Å²) in [5.74, 6) is 0.862. The van der Waals surface area contributed by atoms with E-state index < -0.39 is 0 Å². The number of nitrogens with zero attached hydrogens (tertiary/aromatic N) is 2. The predicted molar refractivity (Wildman–Crippen MR) is 128 cm³/mol. The van der Waals surface area contributed by atoms with Gasteiger partial charge in [0.1, 0.15) is 11.5 Å². The second-order valence-electron chi connectivity index (χ2n) is 7.75. The number of carbonyl (C=O) groups is 2. The minimum absolute atomic E-state index is 0.0329. The summed E-state index contributed by atoms with van der Waals surface area (Å²) in [6.07, 6.45) is 0. The molecule has 0 radical (unpaired) electrons. The van der Waals surface area contributed by atoms with Crippen LogP contribution < -0.4 is 29.9 Å². The molecule has 2 N–H and O–H groups in total. The Kier molecular flexibility index (Phi) is 7.19. The monoisotopic (exact) mass is 454 g/mol. The van der Waals surface area contributed by atoms with E-state index in [0.717, 1.165) is 24.5 Å². The van der Waals surface area contributed by atoms with Crippen molar-refractivity contribution in [1.82, 2.24) is 0 Å². The molecule has 0 atom stereocenters. The SMILES string of the molecule is CCOc1cc(N2CCOCC2)c(OCC)cc1NC(=O)CN1CC(=O)Nc2ccccc21. The van der Waals surface area contributed by atoms with Gasteiger partial charge in [-0.2, -0.15) is 0 Å². The molecule has 2 aromatic rings. The maximum atomic E-state index is 13.0. The lowest BCUT2D eigenvalue weighted by Gasteiger charge is -2.31. The van der Waals surface area contributed by atoms with Crippen molar-refractivity contribution in [3.05, 3.63) is 36.4 Å². The quantitative estimate of drug-likeness (QED) is 0.634. The lowest BCUT2D eigenvalue weighted by atomic mass is 10.2. The molecule has 2 heterocycles. The van der Waals surface area contributed by atoms with Crippen molar-refractivity contribution in [2.24, 2.45) is 0 Å². The normalized spacial score (nSPS) is 15.5. The molecule has 0 aromatic heterocycles. The van der Waals surface area contributed by atoms with Gasteiger partial charge in [0, 0.05) is 25.2 Å². The minimum Gasteiger partial charge on any atom is -0.492 e. The van der Waals surface area contributed by atoms with Crippen LogP contribution in [-0.2, 0) is 14.3 Å². The van der Waals surface area contributed by atoms with E-state index in [1.54, 1.807) is 4.90 Å². The molecule has 176 valence electrons. The number of rotatable bonds is 8. The van der Waals surface area contributed by atoms with Crippen LogP contribution in [0, 0.1) is 0 Å². The third-order valence-electron chi connectivity index (χ3n) is 5.47. The summed E-state index contributed by atoms with van der Waals surface area (Å²) < 4.78 is 17.2. The molecule has 9 nitrogen and oxygen atoms in total. The first-order chi connectivity index (χ1) is 16.1. The van der Waals surface area contributed by atoms with Gasteiger partial charge in [0.05, 0.1) is 62.3 Å². The average Bonchev–Trinajstić information content (AvgIpc) is 2.81. The van der Waals surface area contributed by atoms with Crippen LogP contribution in [0.25, 0.3) is 0 Å². The third-order valence-corrected chi connectivity index (χ3v) is 5.47. The number of morpholine rings is 1. The highest BCUT2D eigenvalue weighted by atomic mass is 16.5. The molecule has 1 fully saturated rings. The van der Waals surface area contributed by atoms with Crippen LogP contribution in [0.5, 0.6) is 11.5 Å². The molecule has 2 aromatic carbocycles. The van der Waals surface area contributed by atoms with Gasteiger partial charge in [0.25, 0.3) is 0 Å². The fraction of sp³-hybridized carbons (Fsp3) is 0.417. The summed E-state index contributed by atoms with van der Waals surface area (Å²) in [5, 5.41) is 5.79. The number of hydrogen-bond donors (Lipinski definition) is 2. The molecular formula is C24H30N4O5. The predicted octanol–water partition coefficient (Wildman–Crippen LogP) is 2.72. The number of ether oxygens (including phenoxy) is 3. The van der Waals surface area contributed by atoms with Crippen molar-refractivity contribution < 1.29 is 23.8 Å². The molecule has 2 aliphatic rings. The molecule has 2 aliphatic heterocycles. The average molecular weight is 455 g/mol. The second-order valence-corrected chi connectivity index (χ2v) is 7.75. The Morgan fingerprint density at radius 1 is 1.06 bits per heavy atom.